The Morgan fingerprint density at radius 1 is 1.55 bits per heavy atom. The highest BCUT2D eigenvalue weighted by molar-refractivity contribution is 5.95. The molecule has 0 aliphatic carbocycles. The van der Waals surface area contributed by atoms with E-state index in [0.717, 1.165) is 0 Å². The summed E-state index contributed by atoms with van der Waals surface area (Å²) in [6.45, 7) is 1.65. The monoisotopic (exact) mass is 150 g/mol. The van der Waals surface area contributed by atoms with Crippen molar-refractivity contribution >= 4 is 5.91 Å². The number of carbonyl (C=O) groups is 1. The molecule has 1 aromatic rings. The van der Waals surface area contributed by atoms with Gasteiger partial charge in [0.15, 0.2) is 0 Å². The lowest BCUT2D eigenvalue weighted by atomic mass is 10.1. The molecule has 0 radical (unpaired) electrons. The normalized spacial score (nSPS) is 9.55. The number of hydrogen-bond acceptors (Lipinski definition) is 2. The highest BCUT2D eigenvalue weighted by Crippen LogP contribution is 2.16. The second-order valence-corrected chi connectivity index (χ2v) is 2.32. The maximum Gasteiger partial charge on any atom is 0.248 e. The van der Waals surface area contributed by atoms with Crippen LogP contribution >= 0.6 is 0 Å². The zero-order chi connectivity index (χ0) is 8.43. The fourth-order valence-electron chi connectivity index (χ4n) is 0.846. The van der Waals surface area contributed by atoms with Crippen molar-refractivity contribution in [3.8, 4) is 5.75 Å². The molecule has 0 saturated heterocycles. The van der Waals surface area contributed by atoms with Gasteiger partial charge in [-0.2, -0.15) is 0 Å². The molecule has 11 heavy (non-hydrogen) atoms. The molecule has 0 unspecified atom stereocenters. The summed E-state index contributed by atoms with van der Waals surface area (Å²) in [5.41, 5.74) is 5.55. The van der Waals surface area contributed by atoms with Gasteiger partial charge in [-0.25, -0.2) is 0 Å². The van der Waals surface area contributed by atoms with Crippen LogP contribution in [0.5, 0.6) is 5.75 Å². The Morgan fingerprint density at radius 3 is 2.64 bits per heavy atom. The van der Waals surface area contributed by atoms with Crippen molar-refractivity contribution in [2.45, 2.75) is 6.92 Å². The van der Waals surface area contributed by atoms with E-state index in [0.29, 0.717) is 5.56 Å². The fraction of sp³-hybridized carbons (Fsp3) is 0.125. The standard InChI is InChI=1S/C8H9NO2/c1-5-3-2-4-6(7(5)10)8(9)11/h2-4,10H,1H3,(H2,9,11)/p-1. The lowest BCUT2D eigenvalue weighted by Crippen LogP contribution is -2.14. The molecule has 0 fully saturated rings. The second kappa shape index (κ2) is 2.62. The molecule has 0 spiro atoms. The van der Waals surface area contributed by atoms with Crippen LogP contribution in [-0.4, -0.2) is 5.91 Å². The summed E-state index contributed by atoms with van der Waals surface area (Å²) in [6.07, 6.45) is 0. The van der Waals surface area contributed by atoms with Crippen molar-refractivity contribution in [2.24, 2.45) is 5.73 Å². The van der Waals surface area contributed by atoms with E-state index in [4.69, 9.17) is 5.73 Å². The first-order chi connectivity index (χ1) is 5.13. The van der Waals surface area contributed by atoms with Gasteiger partial charge < -0.3 is 10.8 Å². The van der Waals surface area contributed by atoms with E-state index in [1.807, 2.05) is 0 Å². The molecule has 0 bridgehead atoms. The predicted octanol–water partition coefficient (Wildman–Crippen LogP) is 0.168. The van der Waals surface area contributed by atoms with E-state index >= 15 is 0 Å². The SMILES string of the molecule is Cc1cccc(C(N)=O)c1[O-]. The average molecular weight is 150 g/mol. The van der Waals surface area contributed by atoms with Gasteiger partial charge in [-0.3, -0.25) is 4.79 Å². The highest BCUT2D eigenvalue weighted by Gasteiger charge is 2.00. The van der Waals surface area contributed by atoms with Crippen molar-refractivity contribution in [1.82, 2.24) is 0 Å². The van der Waals surface area contributed by atoms with Crippen LogP contribution in [0.25, 0.3) is 0 Å². The van der Waals surface area contributed by atoms with E-state index in [-0.39, 0.29) is 11.3 Å². The Morgan fingerprint density at radius 2 is 2.18 bits per heavy atom. The van der Waals surface area contributed by atoms with Crippen LogP contribution in [0.1, 0.15) is 15.9 Å². The number of primary amides is 1. The number of hydrogen-bond donors (Lipinski definition) is 1. The third-order valence-corrected chi connectivity index (χ3v) is 1.48. The Balaban J connectivity index is 3.27. The van der Waals surface area contributed by atoms with E-state index < -0.39 is 5.91 Å². The first kappa shape index (κ1) is 7.60. The van der Waals surface area contributed by atoms with E-state index in [2.05, 4.69) is 0 Å². The summed E-state index contributed by atoms with van der Waals surface area (Å²) >= 11 is 0. The maximum absolute atomic E-state index is 11.1. The Hall–Kier alpha value is -1.51. The molecule has 1 aromatic carbocycles. The van der Waals surface area contributed by atoms with Crippen LogP contribution in [0.4, 0.5) is 0 Å². The molecule has 0 saturated carbocycles. The van der Waals surface area contributed by atoms with Crippen molar-refractivity contribution in [3.05, 3.63) is 29.3 Å². The largest absolute Gasteiger partial charge is 0.872 e. The molecule has 3 heteroatoms. The molecule has 0 aromatic heterocycles. The zero-order valence-corrected chi connectivity index (χ0v) is 6.13. The molecule has 2 N–H and O–H groups in total. The molecule has 0 atom stereocenters. The van der Waals surface area contributed by atoms with Crippen LogP contribution in [0, 0.1) is 6.92 Å². The minimum atomic E-state index is -0.668. The number of rotatable bonds is 1. The molecule has 0 aliphatic rings. The predicted molar refractivity (Wildman–Crippen MR) is 39.1 cm³/mol. The van der Waals surface area contributed by atoms with Gasteiger partial charge in [-0.05, 0) is 6.92 Å². The van der Waals surface area contributed by atoms with E-state index in [9.17, 15) is 9.90 Å². The summed E-state index contributed by atoms with van der Waals surface area (Å²) in [4.78, 5) is 10.6. The number of carbonyl (C=O) groups excluding carboxylic acids is 1. The van der Waals surface area contributed by atoms with Gasteiger partial charge in [-0.1, -0.05) is 29.5 Å². The van der Waals surface area contributed by atoms with Gasteiger partial charge in [0.1, 0.15) is 0 Å². The van der Waals surface area contributed by atoms with Crippen molar-refractivity contribution < 1.29 is 9.90 Å². The van der Waals surface area contributed by atoms with E-state index in [1.165, 1.54) is 6.07 Å². The topological polar surface area (TPSA) is 66.2 Å². The Kier molecular flexibility index (Phi) is 1.81. The summed E-state index contributed by atoms with van der Waals surface area (Å²) < 4.78 is 0. The average Bonchev–Trinajstić information content (AvgIpc) is 1.94. The third kappa shape index (κ3) is 1.32. The fourth-order valence-corrected chi connectivity index (χ4v) is 0.846. The van der Waals surface area contributed by atoms with Gasteiger partial charge >= 0.3 is 0 Å². The lowest BCUT2D eigenvalue weighted by Gasteiger charge is -2.12. The van der Waals surface area contributed by atoms with Gasteiger partial charge in [0.2, 0.25) is 5.91 Å². The van der Waals surface area contributed by atoms with Crippen molar-refractivity contribution in [2.75, 3.05) is 0 Å². The molecule has 58 valence electrons. The number of amides is 1. The number of para-hydroxylation sites is 1. The number of benzene rings is 1. The molecule has 0 aliphatic heterocycles. The van der Waals surface area contributed by atoms with Crippen LogP contribution in [0.3, 0.4) is 0 Å². The first-order valence-electron chi connectivity index (χ1n) is 3.19. The smallest absolute Gasteiger partial charge is 0.248 e. The Labute approximate surface area is 64.5 Å². The zero-order valence-electron chi connectivity index (χ0n) is 6.13. The molecule has 1 amide bonds. The van der Waals surface area contributed by atoms with E-state index in [1.54, 1.807) is 19.1 Å². The van der Waals surface area contributed by atoms with Gasteiger partial charge in [0.25, 0.3) is 0 Å². The van der Waals surface area contributed by atoms with Crippen LogP contribution in [0.2, 0.25) is 0 Å². The number of nitrogens with two attached hydrogens (primary N) is 1. The molecular weight excluding hydrogens is 142 g/mol. The maximum atomic E-state index is 11.1. The Bertz CT molecular complexity index is 294. The quantitative estimate of drug-likeness (QED) is 0.620. The molecule has 3 nitrogen and oxygen atoms in total. The molecule has 1 rings (SSSR count). The summed E-state index contributed by atoms with van der Waals surface area (Å²) in [6, 6.07) is 4.71. The van der Waals surface area contributed by atoms with Gasteiger partial charge in [-0.15, -0.1) is 0 Å². The first-order valence-corrected chi connectivity index (χ1v) is 3.19. The number of aryl methyl sites for hydroxylation is 1. The lowest BCUT2D eigenvalue weighted by molar-refractivity contribution is -0.269. The second-order valence-electron chi connectivity index (χ2n) is 2.32. The van der Waals surface area contributed by atoms with Gasteiger partial charge in [0.05, 0.1) is 0 Å². The summed E-state index contributed by atoms with van der Waals surface area (Å²) in [7, 11) is 0. The molecular formula is C8H8NO2-. The third-order valence-electron chi connectivity index (χ3n) is 1.48. The van der Waals surface area contributed by atoms with Crippen LogP contribution in [-0.2, 0) is 0 Å². The van der Waals surface area contributed by atoms with Crippen LogP contribution < -0.4 is 10.8 Å². The molecule has 0 heterocycles. The van der Waals surface area contributed by atoms with Crippen molar-refractivity contribution in [1.29, 1.82) is 0 Å². The van der Waals surface area contributed by atoms with Gasteiger partial charge in [0, 0.05) is 5.56 Å². The van der Waals surface area contributed by atoms with Crippen molar-refractivity contribution in [3.63, 3.8) is 0 Å². The minimum absolute atomic E-state index is 0.0602. The minimum Gasteiger partial charge on any atom is -0.872 e. The highest BCUT2D eigenvalue weighted by atomic mass is 16.3. The summed E-state index contributed by atoms with van der Waals surface area (Å²) in [5.74, 6) is -0.946. The summed E-state index contributed by atoms with van der Waals surface area (Å²) in [5, 5.41) is 11.1. The van der Waals surface area contributed by atoms with Crippen LogP contribution in [0.15, 0.2) is 18.2 Å².